The van der Waals surface area contributed by atoms with Gasteiger partial charge in [-0.2, -0.15) is 0 Å². The minimum atomic E-state index is 0.0767. The van der Waals surface area contributed by atoms with Gasteiger partial charge in [0.2, 0.25) is 5.91 Å². The molecule has 5 nitrogen and oxygen atoms in total. The largest absolute Gasteiger partial charge is 0.355 e. The summed E-state index contributed by atoms with van der Waals surface area (Å²) in [6.45, 7) is 1.83. The number of thioether (sulfide) groups is 1. The molecule has 0 saturated heterocycles. The zero-order valence-electron chi connectivity index (χ0n) is 11.3. The predicted octanol–water partition coefficient (Wildman–Crippen LogP) is 0.970. The lowest BCUT2D eigenvalue weighted by atomic mass is 10.3. The first kappa shape index (κ1) is 15.0. The van der Waals surface area contributed by atoms with Crippen LogP contribution in [-0.4, -0.2) is 53.3 Å². The lowest BCUT2D eigenvalue weighted by molar-refractivity contribution is -0.118. The highest BCUT2D eigenvalue weighted by atomic mass is 32.2. The van der Waals surface area contributed by atoms with Gasteiger partial charge in [-0.15, -0.1) is 0 Å². The van der Waals surface area contributed by atoms with Crippen molar-refractivity contribution in [2.24, 2.45) is 7.05 Å². The Hall–Kier alpha value is -1.01. The average Bonchev–Trinajstić information content (AvgIpc) is 2.71. The number of nitrogens with one attached hydrogen (secondary N) is 1. The van der Waals surface area contributed by atoms with Gasteiger partial charge < -0.3 is 14.8 Å². The molecular formula is C12H22N4OS. The van der Waals surface area contributed by atoms with Crippen LogP contribution in [0.15, 0.2) is 17.6 Å². The number of hydrogen-bond acceptors (Lipinski definition) is 4. The van der Waals surface area contributed by atoms with Gasteiger partial charge in [0.25, 0.3) is 0 Å². The van der Waals surface area contributed by atoms with Crippen molar-refractivity contribution in [1.29, 1.82) is 0 Å². The van der Waals surface area contributed by atoms with Gasteiger partial charge in [-0.3, -0.25) is 4.79 Å². The predicted molar refractivity (Wildman–Crippen MR) is 74.7 cm³/mol. The number of imidazole rings is 1. The molecule has 0 spiro atoms. The molecule has 18 heavy (non-hydrogen) atoms. The molecule has 1 rings (SSSR count). The van der Waals surface area contributed by atoms with Crippen molar-refractivity contribution < 1.29 is 4.79 Å². The van der Waals surface area contributed by atoms with E-state index in [-0.39, 0.29) is 5.91 Å². The fourth-order valence-corrected chi connectivity index (χ4v) is 2.22. The molecule has 0 aliphatic heterocycles. The minimum absolute atomic E-state index is 0.0767. The van der Waals surface area contributed by atoms with E-state index in [0.29, 0.717) is 5.75 Å². The van der Waals surface area contributed by atoms with Crippen molar-refractivity contribution in [3.8, 4) is 0 Å². The van der Waals surface area contributed by atoms with Crippen molar-refractivity contribution in [3.05, 3.63) is 12.4 Å². The Labute approximate surface area is 113 Å². The van der Waals surface area contributed by atoms with E-state index < -0.39 is 0 Å². The third kappa shape index (κ3) is 6.07. The lowest BCUT2D eigenvalue weighted by Crippen LogP contribution is -2.27. The summed E-state index contributed by atoms with van der Waals surface area (Å²) < 4.78 is 1.91. The summed E-state index contributed by atoms with van der Waals surface area (Å²) in [4.78, 5) is 17.9. The number of carbonyl (C=O) groups excluding carboxylic acids is 1. The second-order valence-electron chi connectivity index (χ2n) is 4.47. The van der Waals surface area contributed by atoms with Crippen LogP contribution in [0.4, 0.5) is 0 Å². The number of amides is 1. The molecule has 6 heteroatoms. The van der Waals surface area contributed by atoms with E-state index in [1.54, 1.807) is 6.20 Å². The Kier molecular flexibility index (Phi) is 6.82. The summed E-state index contributed by atoms with van der Waals surface area (Å²) >= 11 is 1.46. The van der Waals surface area contributed by atoms with Gasteiger partial charge >= 0.3 is 0 Å². The summed E-state index contributed by atoms with van der Waals surface area (Å²) in [6, 6.07) is 0. The van der Waals surface area contributed by atoms with Crippen molar-refractivity contribution in [2.75, 3.05) is 32.9 Å². The van der Waals surface area contributed by atoms with Crippen LogP contribution < -0.4 is 5.32 Å². The van der Waals surface area contributed by atoms with Crippen LogP contribution in [0.25, 0.3) is 0 Å². The molecule has 1 aromatic heterocycles. The number of rotatable bonds is 8. The van der Waals surface area contributed by atoms with Gasteiger partial charge in [0.1, 0.15) is 0 Å². The summed E-state index contributed by atoms with van der Waals surface area (Å²) in [5.74, 6) is 0.506. The highest BCUT2D eigenvalue weighted by Gasteiger charge is 2.05. The maximum atomic E-state index is 11.6. The summed E-state index contributed by atoms with van der Waals surface area (Å²) in [5.41, 5.74) is 0. The topological polar surface area (TPSA) is 50.2 Å². The van der Waals surface area contributed by atoms with E-state index in [9.17, 15) is 4.79 Å². The highest BCUT2D eigenvalue weighted by molar-refractivity contribution is 7.99. The second kappa shape index (κ2) is 8.16. The number of nitrogens with zero attached hydrogens (tertiary/aromatic N) is 3. The van der Waals surface area contributed by atoms with Crippen LogP contribution in [-0.2, 0) is 11.8 Å². The van der Waals surface area contributed by atoms with Crippen LogP contribution in [0.5, 0.6) is 0 Å². The van der Waals surface area contributed by atoms with E-state index in [2.05, 4.69) is 29.3 Å². The first-order valence-corrected chi connectivity index (χ1v) is 7.09. The van der Waals surface area contributed by atoms with Gasteiger partial charge in [0.15, 0.2) is 5.16 Å². The van der Waals surface area contributed by atoms with Gasteiger partial charge in [-0.1, -0.05) is 11.8 Å². The normalized spacial score (nSPS) is 10.9. The van der Waals surface area contributed by atoms with Gasteiger partial charge in [-0.05, 0) is 33.5 Å². The number of unbranched alkanes of at least 4 members (excludes halogenated alkanes) is 1. The first-order valence-electron chi connectivity index (χ1n) is 6.11. The number of aryl methyl sites for hydroxylation is 1. The van der Waals surface area contributed by atoms with E-state index in [1.807, 2.05) is 17.8 Å². The monoisotopic (exact) mass is 270 g/mol. The third-order valence-corrected chi connectivity index (χ3v) is 3.52. The fraction of sp³-hybridized carbons (Fsp3) is 0.667. The second-order valence-corrected chi connectivity index (χ2v) is 5.41. The van der Waals surface area contributed by atoms with E-state index in [0.717, 1.165) is 31.1 Å². The van der Waals surface area contributed by atoms with Crippen LogP contribution in [0.1, 0.15) is 12.8 Å². The zero-order valence-corrected chi connectivity index (χ0v) is 12.2. The Morgan fingerprint density at radius 3 is 2.89 bits per heavy atom. The molecule has 0 bridgehead atoms. The van der Waals surface area contributed by atoms with E-state index in [4.69, 9.17) is 0 Å². The molecule has 0 radical (unpaired) electrons. The third-order valence-electron chi connectivity index (χ3n) is 2.46. The van der Waals surface area contributed by atoms with Crippen molar-refractivity contribution in [3.63, 3.8) is 0 Å². The van der Waals surface area contributed by atoms with Crippen LogP contribution in [0.3, 0.4) is 0 Å². The quantitative estimate of drug-likeness (QED) is 0.565. The summed E-state index contributed by atoms with van der Waals surface area (Å²) in [5, 5.41) is 3.80. The van der Waals surface area contributed by atoms with Gasteiger partial charge in [-0.25, -0.2) is 4.98 Å². The first-order chi connectivity index (χ1) is 8.59. The molecule has 1 heterocycles. The molecule has 0 atom stereocenters. The Bertz CT molecular complexity index is 365. The molecule has 1 amide bonds. The molecule has 0 aromatic carbocycles. The smallest absolute Gasteiger partial charge is 0.230 e. The van der Waals surface area contributed by atoms with Crippen LogP contribution >= 0.6 is 11.8 Å². The molecule has 0 aliphatic carbocycles. The SMILES string of the molecule is CN(C)CCCCNC(=O)CSc1nccn1C. The molecule has 1 N–H and O–H groups in total. The Morgan fingerprint density at radius 2 is 2.28 bits per heavy atom. The van der Waals surface area contributed by atoms with Gasteiger partial charge in [0.05, 0.1) is 5.75 Å². The van der Waals surface area contributed by atoms with Crippen molar-refractivity contribution in [1.82, 2.24) is 19.8 Å². The minimum Gasteiger partial charge on any atom is -0.355 e. The number of aromatic nitrogens is 2. The fourth-order valence-electron chi connectivity index (χ4n) is 1.45. The van der Waals surface area contributed by atoms with Crippen molar-refractivity contribution >= 4 is 17.7 Å². The Morgan fingerprint density at radius 1 is 1.50 bits per heavy atom. The molecule has 0 saturated carbocycles. The van der Waals surface area contributed by atoms with E-state index >= 15 is 0 Å². The van der Waals surface area contributed by atoms with Crippen LogP contribution in [0, 0.1) is 0 Å². The number of hydrogen-bond donors (Lipinski definition) is 1. The zero-order chi connectivity index (χ0) is 13.4. The average molecular weight is 270 g/mol. The molecule has 0 fully saturated rings. The summed E-state index contributed by atoms with van der Waals surface area (Å²) in [6.07, 6.45) is 5.75. The van der Waals surface area contributed by atoms with Crippen LogP contribution in [0.2, 0.25) is 0 Å². The molecule has 0 unspecified atom stereocenters. The van der Waals surface area contributed by atoms with Gasteiger partial charge in [0, 0.05) is 26.0 Å². The maximum absolute atomic E-state index is 11.6. The molecule has 102 valence electrons. The highest BCUT2D eigenvalue weighted by Crippen LogP contribution is 2.13. The van der Waals surface area contributed by atoms with Crippen molar-refractivity contribution in [2.45, 2.75) is 18.0 Å². The van der Waals surface area contributed by atoms with E-state index in [1.165, 1.54) is 11.8 Å². The standard InChI is InChI=1S/C12H22N4OS/c1-15(2)8-5-4-6-13-11(17)10-18-12-14-7-9-16(12)3/h7,9H,4-6,8,10H2,1-3H3,(H,13,17). The lowest BCUT2D eigenvalue weighted by Gasteiger charge is -2.09. The number of carbonyl (C=O) groups is 1. The molecular weight excluding hydrogens is 248 g/mol. The maximum Gasteiger partial charge on any atom is 0.230 e. The Balaban J connectivity index is 2.06. The molecule has 0 aliphatic rings. The molecule has 1 aromatic rings. The summed E-state index contributed by atoms with van der Waals surface area (Å²) in [7, 11) is 6.04.